The maximum Gasteiger partial charge on any atom is 0.161 e. The van der Waals surface area contributed by atoms with E-state index in [0.717, 1.165) is 3.70 Å². The summed E-state index contributed by atoms with van der Waals surface area (Å²) < 4.78 is 7.90. The minimum atomic E-state index is -0.0972. The molecule has 0 atom stereocenters. The van der Waals surface area contributed by atoms with Crippen LogP contribution >= 0.6 is 22.6 Å². The van der Waals surface area contributed by atoms with Gasteiger partial charge in [0.2, 0.25) is 0 Å². The smallest absolute Gasteiger partial charge is 0.161 e. The van der Waals surface area contributed by atoms with Crippen molar-refractivity contribution in [1.82, 2.24) is 20.2 Å². The Morgan fingerprint density at radius 2 is 2.45 bits per heavy atom. The second kappa shape index (κ2) is 2.29. The van der Waals surface area contributed by atoms with E-state index in [9.17, 15) is 0 Å². The summed E-state index contributed by atoms with van der Waals surface area (Å²) in [6.07, 6.45) is -0.0972. The standard InChI is InChI=1S/C5H4IN5/c6-3-2-4(7)8-1-9-5(2)11-10-3/h1H,(H3,7,8,9,10,11)/i1D. The number of nitrogens with zero attached hydrogens (tertiary/aromatic N) is 3. The van der Waals surface area contributed by atoms with Crippen LogP contribution < -0.4 is 5.73 Å². The summed E-state index contributed by atoms with van der Waals surface area (Å²) in [5, 5.41) is 7.24. The number of hydrogen-bond donors (Lipinski definition) is 2. The molecule has 2 aromatic rings. The van der Waals surface area contributed by atoms with E-state index in [1.807, 2.05) is 22.6 Å². The van der Waals surface area contributed by atoms with Crippen molar-refractivity contribution in [3.05, 3.63) is 10.0 Å². The highest BCUT2D eigenvalue weighted by atomic mass is 127. The van der Waals surface area contributed by atoms with Crippen molar-refractivity contribution in [2.24, 2.45) is 0 Å². The molecule has 0 saturated carbocycles. The predicted molar refractivity (Wildman–Crippen MR) is 48.8 cm³/mol. The highest BCUT2D eigenvalue weighted by molar-refractivity contribution is 14.1. The van der Waals surface area contributed by atoms with E-state index in [2.05, 4.69) is 20.2 Å². The van der Waals surface area contributed by atoms with Crippen molar-refractivity contribution in [2.45, 2.75) is 0 Å². The molecule has 5 nitrogen and oxygen atoms in total. The Morgan fingerprint density at radius 3 is 3.27 bits per heavy atom. The van der Waals surface area contributed by atoms with Gasteiger partial charge in [0.15, 0.2) is 5.65 Å². The first-order valence-corrected chi connectivity index (χ1v) is 3.90. The Balaban J connectivity index is 2.93. The fourth-order valence-electron chi connectivity index (χ4n) is 0.804. The third kappa shape index (κ3) is 0.934. The monoisotopic (exact) mass is 262 g/mol. The second-order valence-electron chi connectivity index (χ2n) is 1.95. The van der Waals surface area contributed by atoms with Crippen molar-refractivity contribution in [3.8, 4) is 0 Å². The van der Waals surface area contributed by atoms with Gasteiger partial charge < -0.3 is 5.73 Å². The topological polar surface area (TPSA) is 80.5 Å². The van der Waals surface area contributed by atoms with E-state index >= 15 is 0 Å². The maximum absolute atomic E-state index is 7.17. The minimum absolute atomic E-state index is 0.0972. The second-order valence-corrected chi connectivity index (χ2v) is 2.97. The van der Waals surface area contributed by atoms with Crippen LogP contribution in [0.5, 0.6) is 0 Å². The lowest BCUT2D eigenvalue weighted by atomic mass is 10.4. The molecule has 2 aromatic heterocycles. The quantitative estimate of drug-likeness (QED) is 0.679. The summed E-state index contributed by atoms with van der Waals surface area (Å²) in [5.41, 5.74) is 6.08. The first-order chi connectivity index (χ1) is 5.68. The third-order valence-corrected chi connectivity index (χ3v) is 2.07. The molecular weight excluding hydrogens is 257 g/mol. The molecule has 0 aromatic carbocycles. The number of fused-ring (bicyclic) bond motifs is 1. The fourth-order valence-corrected chi connectivity index (χ4v) is 1.46. The molecule has 3 N–H and O–H groups in total. The van der Waals surface area contributed by atoms with Crippen LogP contribution in [0.25, 0.3) is 11.0 Å². The number of nitrogens with two attached hydrogens (primary N) is 1. The average Bonchev–Trinajstić information content (AvgIpc) is 2.31. The van der Waals surface area contributed by atoms with Gasteiger partial charge in [-0.05, 0) is 22.6 Å². The highest BCUT2D eigenvalue weighted by Gasteiger charge is 2.06. The molecule has 0 saturated heterocycles. The molecule has 11 heavy (non-hydrogen) atoms. The lowest BCUT2D eigenvalue weighted by Crippen LogP contribution is -1.91. The lowest BCUT2D eigenvalue weighted by molar-refractivity contribution is 1.07. The molecular formula is C5H4IN5. The number of rotatable bonds is 0. The number of aromatic nitrogens is 4. The number of anilines is 1. The van der Waals surface area contributed by atoms with Crippen LogP contribution in [0.15, 0.2) is 6.30 Å². The highest BCUT2D eigenvalue weighted by Crippen LogP contribution is 2.19. The Bertz CT molecular complexity index is 439. The predicted octanol–water partition coefficient (Wildman–Crippen LogP) is 0.540. The van der Waals surface area contributed by atoms with E-state index < -0.39 is 0 Å². The zero-order valence-electron chi connectivity index (χ0n) is 6.30. The molecule has 0 unspecified atom stereocenters. The van der Waals surface area contributed by atoms with E-state index in [1.54, 1.807) is 0 Å². The molecule has 0 aliphatic carbocycles. The van der Waals surface area contributed by atoms with Crippen molar-refractivity contribution in [3.63, 3.8) is 0 Å². The fraction of sp³-hybridized carbons (Fsp3) is 0. The van der Waals surface area contributed by atoms with E-state index in [1.165, 1.54) is 0 Å². The average molecular weight is 262 g/mol. The summed E-state index contributed by atoms with van der Waals surface area (Å²) in [7, 11) is 0. The van der Waals surface area contributed by atoms with Crippen LogP contribution in [0.2, 0.25) is 0 Å². The van der Waals surface area contributed by atoms with Crippen LogP contribution in [0.4, 0.5) is 5.82 Å². The lowest BCUT2D eigenvalue weighted by Gasteiger charge is -1.91. The molecule has 0 fully saturated rings. The molecule has 0 bridgehead atoms. The Kier molecular flexibility index (Phi) is 1.19. The normalized spacial score (nSPS) is 11.9. The van der Waals surface area contributed by atoms with Crippen LogP contribution in [0.3, 0.4) is 0 Å². The van der Waals surface area contributed by atoms with Crippen molar-refractivity contribution >= 4 is 39.4 Å². The van der Waals surface area contributed by atoms with Gasteiger partial charge in [0.1, 0.15) is 17.2 Å². The molecule has 0 amide bonds. The molecule has 0 aliphatic rings. The van der Waals surface area contributed by atoms with E-state index in [0.29, 0.717) is 16.9 Å². The zero-order valence-corrected chi connectivity index (χ0v) is 7.45. The van der Waals surface area contributed by atoms with Gasteiger partial charge in [-0.3, -0.25) is 5.10 Å². The van der Waals surface area contributed by atoms with Gasteiger partial charge in [-0.15, -0.1) is 0 Å². The van der Waals surface area contributed by atoms with Gasteiger partial charge in [-0.25, -0.2) is 9.97 Å². The Labute approximate surface area is 77.0 Å². The SMILES string of the molecule is [2H]c1nc(N)c2c(I)n[nH]c2n1. The number of halogens is 1. The van der Waals surface area contributed by atoms with E-state index in [4.69, 9.17) is 7.10 Å². The van der Waals surface area contributed by atoms with Crippen molar-refractivity contribution in [1.29, 1.82) is 0 Å². The minimum Gasteiger partial charge on any atom is -0.383 e. The maximum atomic E-state index is 7.17. The van der Waals surface area contributed by atoms with Crippen molar-refractivity contribution in [2.75, 3.05) is 5.73 Å². The van der Waals surface area contributed by atoms with Crippen molar-refractivity contribution < 1.29 is 1.37 Å². The van der Waals surface area contributed by atoms with Gasteiger partial charge in [-0.2, -0.15) is 5.10 Å². The molecule has 2 heterocycles. The Morgan fingerprint density at radius 1 is 1.64 bits per heavy atom. The summed E-state index contributed by atoms with van der Waals surface area (Å²) in [6.45, 7) is 0. The van der Waals surface area contributed by atoms with Gasteiger partial charge in [0.05, 0.1) is 5.39 Å². The van der Waals surface area contributed by atoms with E-state index in [-0.39, 0.29) is 6.30 Å². The van der Waals surface area contributed by atoms with Gasteiger partial charge in [0.25, 0.3) is 0 Å². The van der Waals surface area contributed by atoms with Crippen LogP contribution in [0, 0.1) is 3.70 Å². The molecule has 56 valence electrons. The van der Waals surface area contributed by atoms with Crippen LogP contribution in [0.1, 0.15) is 1.37 Å². The first-order valence-electron chi connectivity index (χ1n) is 3.32. The number of aromatic amines is 1. The zero-order chi connectivity index (χ0) is 8.72. The van der Waals surface area contributed by atoms with Crippen LogP contribution in [-0.2, 0) is 0 Å². The molecule has 6 heteroatoms. The summed E-state index contributed by atoms with van der Waals surface area (Å²) in [4.78, 5) is 7.51. The number of H-pyrrole nitrogens is 1. The molecule has 2 rings (SSSR count). The summed E-state index contributed by atoms with van der Waals surface area (Å²) in [6, 6.07) is 0. The molecule has 0 aliphatic heterocycles. The van der Waals surface area contributed by atoms with Gasteiger partial charge in [-0.1, -0.05) is 0 Å². The van der Waals surface area contributed by atoms with Gasteiger partial charge in [0, 0.05) is 0 Å². The number of nitrogen functional groups attached to an aromatic ring is 1. The summed E-state index contributed by atoms with van der Waals surface area (Å²) >= 11 is 2.03. The number of hydrogen-bond acceptors (Lipinski definition) is 4. The Hall–Kier alpha value is -0.920. The van der Waals surface area contributed by atoms with Crippen LogP contribution in [-0.4, -0.2) is 20.2 Å². The first kappa shape index (κ1) is 5.70. The largest absolute Gasteiger partial charge is 0.383 e. The number of nitrogens with one attached hydrogen (secondary N) is 1. The molecule has 0 radical (unpaired) electrons. The van der Waals surface area contributed by atoms with Gasteiger partial charge >= 0.3 is 0 Å². The third-order valence-electron chi connectivity index (χ3n) is 1.29. The molecule has 0 spiro atoms. The summed E-state index contributed by atoms with van der Waals surface area (Å²) in [5.74, 6) is 0.295.